The Labute approximate surface area is 221 Å². The van der Waals surface area contributed by atoms with Crippen LogP contribution in [0.15, 0.2) is 71.6 Å². The maximum Gasteiger partial charge on any atom is 0.338 e. The first kappa shape index (κ1) is 26.7. The van der Waals surface area contributed by atoms with Crippen molar-refractivity contribution in [3.05, 3.63) is 88.3 Å². The number of allylic oxidation sites excluding steroid dienone is 1. The van der Waals surface area contributed by atoms with Crippen LogP contribution in [0.25, 0.3) is 5.57 Å². The maximum atomic E-state index is 14.0. The van der Waals surface area contributed by atoms with Gasteiger partial charge in [0.05, 0.1) is 38.6 Å². The Morgan fingerprint density at radius 1 is 0.921 bits per heavy atom. The average molecular weight is 537 g/mol. The predicted molar refractivity (Wildman–Crippen MR) is 145 cm³/mol. The van der Waals surface area contributed by atoms with E-state index < -0.39 is 21.9 Å². The molecular weight excluding hydrogens is 508 g/mol. The van der Waals surface area contributed by atoms with Gasteiger partial charge in [0.15, 0.2) is 16.4 Å². The number of fused-ring (bicyclic) bond motifs is 1. The van der Waals surface area contributed by atoms with Crippen molar-refractivity contribution in [2.24, 2.45) is 0 Å². The highest BCUT2D eigenvalue weighted by Crippen LogP contribution is 2.45. The van der Waals surface area contributed by atoms with Gasteiger partial charge >= 0.3 is 5.97 Å². The lowest BCUT2D eigenvalue weighted by molar-refractivity contribution is -0.112. The smallest absolute Gasteiger partial charge is 0.338 e. The zero-order valence-corrected chi connectivity index (χ0v) is 22.3. The van der Waals surface area contributed by atoms with Gasteiger partial charge < -0.3 is 19.5 Å². The number of carbonyl (C=O) groups excluding carboxylic acids is 2. The van der Waals surface area contributed by atoms with Crippen molar-refractivity contribution in [1.82, 2.24) is 0 Å². The molecule has 1 aliphatic heterocycles. The predicted octanol–water partition coefficient (Wildman–Crippen LogP) is 4.60. The number of nitrogens with one attached hydrogen (secondary N) is 1. The number of benzene rings is 3. The average Bonchev–Trinajstić information content (AvgIpc) is 2.91. The van der Waals surface area contributed by atoms with Crippen LogP contribution in [-0.2, 0) is 26.1 Å². The van der Waals surface area contributed by atoms with Crippen LogP contribution in [0.5, 0.6) is 11.5 Å². The molecular formula is C28H28N2O7S. The third-order valence-corrected chi connectivity index (χ3v) is 8.01. The lowest BCUT2D eigenvalue weighted by Gasteiger charge is -2.33. The van der Waals surface area contributed by atoms with Crippen LogP contribution in [0.3, 0.4) is 0 Å². The largest absolute Gasteiger partial charge is 0.493 e. The third kappa shape index (κ3) is 5.08. The fourth-order valence-corrected chi connectivity index (χ4v) is 5.96. The number of sulfonamides is 1. The van der Waals surface area contributed by atoms with Crippen molar-refractivity contribution in [2.75, 3.05) is 30.4 Å². The van der Waals surface area contributed by atoms with Crippen molar-refractivity contribution < 1.29 is 32.2 Å². The van der Waals surface area contributed by atoms with Crippen molar-refractivity contribution in [2.45, 2.75) is 20.4 Å². The first-order valence-corrected chi connectivity index (χ1v) is 13.3. The molecule has 0 radical (unpaired) electrons. The summed E-state index contributed by atoms with van der Waals surface area (Å²) in [5, 5.41) is 2.65. The van der Waals surface area contributed by atoms with Crippen LogP contribution in [0, 0.1) is 0 Å². The summed E-state index contributed by atoms with van der Waals surface area (Å²) in [5.41, 5.74) is 2.55. The van der Waals surface area contributed by atoms with Gasteiger partial charge in [0.2, 0.25) is 0 Å². The van der Waals surface area contributed by atoms with E-state index in [1.165, 1.54) is 42.8 Å². The second-order valence-electron chi connectivity index (χ2n) is 8.43. The molecule has 0 bridgehead atoms. The van der Waals surface area contributed by atoms with Crippen LogP contribution >= 0.6 is 0 Å². The molecule has 0 atom stereocenters. The van der Waals surface area contributed by atoms with E-state index in [9.17, 15) is 18.0 Å². The highest BCUT2D eigenvalue weighted by atomic mass is 32.2. The van der Waals surface area contributed by atoms with E-state index in [2.05, 4.69) is 5.32 Å². The molecule has 3 aromatic rings. The SMILES string of the molecule is CCOC(=O)c1ccc(NC(=O)C2=C(C)c3cc(OC)c(OC)cc3N(Cc3ccccc3)S2(=O)=O)cc1. The molecule has 10 heteroatoms. The van der Waals surface area contributed by atoms with E-state index in [0.717, 1.165) is 5.56 Å². The minimum Gasteiger partial charge on any atom is -0.493 e. The molecule has 1 amide bonds. The molecule has 0 saturated carbocycles. The number of methoxy groups -OCH3 is 2. The van der Waals surface area contributed by atoms with Crippen molar-refractivity contribution in [3.8, 4) is 11.5 Å². The Morgan fingerprint density at radius 2 is 1.55 bits per heavy atom. The Hall–Kier alpha value is -4.31. The summed E-state index contributed by atoms with van der Waals surface area (Å²) >= 11 is 0. The second kappa shape index (κ2) is 11.0. The lowest BCUT2D eigenvalue weighted by atomic mass is 10.0. The van der Waals surface area contributed by atoms with Gasteiger partial charge in [-0.25, -0.2) is 13.2 Å². The molecule has 1 N–H and O–H groups in total. The normalized spacial score (nSPS) is 13.9. The van der Waals surface area contributed by atoms with E-state index in [1.807, 2.05) is 30.3 Å². The number of hydrogen-bond acceptors (Lipinski definition) is 7. The summed E-state index contributed by atoms with van der Waals surface area (Å²) in [6.45, 7) is 3.53. The molecule has 0 unspecified atom stereocenters. The minimum absolute atomic E-state index is 0.00392. The summed E-state index contributed by atoms with van der Waals surface area (Å²) in [6.07, 6.45) is 0. The zero-order valence-electron chi connectivity index (χ0n) is 21.5. The number of esters is 1. The van der Waals surface area contributed by atoms with Gasteiger partial charge in [0.25, 0.3) is 15.9 Å². The van der Waals surface area contributed by atoms with E-state index in [0.29, 0.717) is 34.0 Å². The zero-order chi connectivity index (χ0) is 27.4. The Bertz CT molecular complexity index is 1500. The summed E-state index contributed by atoms with van der Waals surface area (Å²) in [5.74, 6) is -0.526. The first-order valence-electron chi connectivity index (χ1n) is 11.8. The van der Waals surface area contributed by atoms with Crippen LogP contribution in [-0.4, -0.2) is 41.1 Å². The number of nitrogens with zero attached hydrogens (tertiary/aromatic N) is 1. The number of rotatable bonds is 8. The van der Waals surface area contributed by atoms with Gasteiger partial charge in [-0.1, -0.05) is 30.3 Å². The Morgan fingerprint density at radius 3 is 2.16 bits per heavy atom. The summed E-state index contributed by atoms with van der Waals surface area (Å²) < 4.78 is 45.0. The van der Waals surface area contributed by atoms with E-state index in [1.54, 1.807) is 26.0 Å². The standard InChI is InChI=1S/C28H28N2O7S/c1-5-37-28(32)20-11-13-21(14-12-20)29-27(31)26-18(2)22-15-24(35-3)25(36-4)16-23(22)30(38(26,33)34)17-19-9-7-6-8-10-19/h6-16H,5,17H2,1-4H3,(H,29,31). The minimum atomic E-state index is -4.29. The van der Waals surface area contributed by atoms with Gasteiger partial charge in [-0.3, -0.25) is 9.10 Å². The first-order chi connectivity index (χ1) is 18.2. The highest BCUT2D eigenvalue weighted by molar-refractivity contribution is 7.97. The number of hydrogen-bond donors (Lipinski definition) is 1. The second-order valence-corrected chi connectivity index (χ2v) is 10.2. The van der Waals surface area contributed by atoms with E-state index in [4.69, 9.17) is 14.2 Å². The summed E-state index contributed by atoms with van der Waals surface area (Å²) in [4.78, 5) is 25.0. The topological polar surface area (TPSA) is 111 Å². The monoisotopic (exact) mass is 536 g/mol. The highest BCUT2D eigenvalue weighted by Gasteiger charge is 2.40. The summed E-state index contributed by atoms with van der Waals surface area (Å²) in [6, 6.07) is 18.4. The van der Waals surface area contributed by atoms with Gasteiger partial charge in [-0.05, 0) is 55.3 Å². The van der Waals surface area contributed by atoms with Crippen LogP contribution < -0.4 is 19.1 Å². The molecule has 3 aromatic carbocycles. The molecule has 0 fully saturated rings. The molecule has 0 aliphatic carbocycles. The molecule has 0 saturated heterocycles. The number of carbonyl (C=O) groups is 2. The van der Waals surface area contributed by atoms with Gasteiger partial charge in [0, 0.05) is 17.3 Å². The quantitative estimate of drug-likeness (QED) is 0.419. The van der Waals surface area contributed by atoms with Crippen LogP contribution in [0.4, 0.5) is 11.4 Å². The fraction of sp³-hybridized carbons (Fsp3) is 0.214. The molecule has 0 aromatic heterocycles. The molecule has 9 nitrogen and oxygen atoms in total. The van der Waals surface area contributed by atoms with Crippen molar-refractivity contribution >= 4 is 38.8 Å². The fourth-order valence-electron chi connectivity index (χ4n) is 4.23. The Kier molecular flexibility index (Phi) is 7.72. The molecule has 1 aliphatic rings. The third-order valence-electron chi connectivity index (χ3n) is 6.09. The molecule has 4 rings (SSSR count). The van der Waals surface area contributed by atoms with Gasteiger partial charge in [-0.15, -0.1) is 0 Å². The van der Waals surface area contributed by atoms with E-state index >= 15 is 0 Å². The maximum absolute atomic E-state index is 14.0. The molecule has 0 spiro atoms. The molecule has 198 valence electrons. The number of ether oxygens (including phenoxy) is 3. The van der Waals surface area contributed by atoms with Crippen LogP contribution in [0.1, 0.15) is 35.3 Å². The number of anilines is 2. The van der Waals surface area contributed by atoms with Crippen LogP contribution in [0.2, 0.25) is 0 Å². The van der Waals surface area contributed by atoms with Crippen molar-refractivity contribution in [1.29, 1.82) is 0 Å². The number of amides is 1. The van der Waals surface area contributed by atoms with Gasteiger partial charge in [0.1, 0.15) is 0 Å². The molecule has 1 heterocycles. The molecule has 38 heavy (non-hydrogen) atoms. The summed E-state index contributed by atoms with van der Waals surface area (Å²) in [7, 11) is -1.33. The Balaban J connectivity index is 1.78. The van der Waals surface area contributed by atoms with Gasteiger partial charge in [-0.2, -0.15) is 0 Å². The van der Waals surface area contributed by atoms with E-state index in [-0.39, 0.29) is 23.6 Å². The van der Waals surface area contributed by atoms with Crippen molar-refractivity contribution in [3.63, 3.8) is 0 Å². The lowest BCUT2D eigenvalue weighted by Crippen LogP contribution is -2.39.